The maximum Gasteiger partial charge on any atom is 0.262 e. The summed E-state index contributed by atoms with van der Waals surface area (Å²) in [4.78, 5) is 43.3. The number of hydrogen-bond acceptors (Lipinski definition) is 7. The molecular formula is C31H34N4O5S. The van der Waals surface area contributed by atoms with Crippen LogP contribution < -0.4 is 25.7 Å². The lowest BCUT2D eigenvalue weighted by molar-refractivity contribution is -0.121. The van der Waals surface area contributed by atoms with Crippen molar-refractivity contribution in [3.63, 3.8) is 0 Å². The van der Waals surface area contributed by atoms with Gasteiger partial charge < -0.3 is 20.1 Å². The summed E-state index contributed by atoms with van der Waals surface area (Å²) in [6, 6.07) is 20.4. The molecule has 0 saturated carbocycles. The van der Waals surface area contributed by atoms with Crippen molar-refractivity contribution in [3.05, 3.63) is 88.2 Å². The van der Waals surface area contributed by atoms with E-state index in [0.717, 1.165) is 12.0 Å². The molecule has 4 rings (SSSR count). The molecule has 0 bridgehead atoms. The molecule has 1 aromatic heterocycles. The van der Waals surface area contributed by atoms with Gasteiger partial charge in [0.1, 0.15) is 0 Å². The first kappa shape index (κ1) is 29.7. The fourth-order valence-corrected chi connectivity index (χ4v) is 5.12. The summed E-state index contributed by atoms with van der Waals surface area (Å²) in [5, 5.41) is 6.65. The number of thioether (sulfide) groups is 1. The lowest BCUT2D eigenvalue weighted by Gasteiger charge is -2.13. The lowest BCUT2D eigenvalue weighted by Crippen LogP contribution is -2.30. The third-order valence-electron chi connectivity index (χ3n) is 6.55. The molecule has 3 aromatic carbocycles. The van der Waals surface area contributed by atoms with Crippen molar-refractivity contribution in [1.82, 2.24) is 14.9 Å². The quantitative estimate of drug-likeness (QED) is 0.179. The summed E-state index contributed by atoms with van der Waals surface area (Å²) in [5.74, 6) is 0.952. The van der Waals surface area contributed by atoms with Crippen molar-refractivity contribution in [1.29, 1.82) is 0 Å². The molecule has 0 saturated heterocycles. The van der Waals surface area contributed by atoms with Gasteiger partial charge >= 0.3 is 0 Å². The molecule has 41 heavy (non-hydrogen) atoms. The molecule has 0 unspecified atom stereocenters. The zero-order valence-corrected chi connectivity index (χ0v) is 24.3. The Bertz CT molecular complexity index is 1570. The highest BCUT2D eigenvalue weighted by atomic mass is 32.2. The second-order valence-electron chi connectivity index (χ2n) is 9.29. The Morgan fingerprint density at radius 2 is 1.66 bits per heavy atom. The number of nitrogens with one attached hydrogen (secondary N) is 2. The Hall–Kier alpha value is -4.31. The zero-order chi connectivity index (χ0) is 29.2. The van der Waals surface area contributed by atoms with Crippen molar-refractivity contribution in [2.75, 3.05) is 31.8 Å². The molecule has 2 N–H and O–H groups in total. The van der Waals surface area contributed by atoms with Crippen LogP contribution in [0.25, 0.3) is 10.9 Å². The molecule has 0 spiro atoms. The monoisotopic (exact) mass is 574 g/mol. The molecule has 0 aliphatic rings. The topological polar surface area (TPSA) is 112 Å². The normalized spacial score (nSPS) is 10.8. The lowest BCUT2D eigenvalue weighted by atomic mass is 10.1. The van der Waals surface area contributed by atoms with Gasteiger partial charge in [0.05, 0.1) is 30.9 Å². The van der Waals surface area contributed by atoms with Crippen LogP contribution in [0.15, 0.2) is 76.7 Å². The van der Waals surface area contributed by atoms with Crippen LogP contribution in [0.2, 0.25) is 0 Å². The second kappa shape index (κ2) is 14.4. The predicted octanol–water partition coefficient (Wildman–Crippen LogP) is 4.46. The summed E-state index contributed by atoms with van der Waals surface area (Å²) in [6.45, 7) is 2.64. The molecule has 214 valence electrons. The van der Waals surface area contributed by atoms with E-state index in [-0.39, 0.29) is 36.1 Å². The van der Waals surface area contributed by atoms with Crippen LogP contribution in [0.3, 0.4) is 0 Å². The van der Waals surface area contributed by atoms with Gasteiger partial charge in [0, 0.05) is 25.2 Å². The number of anilines is 1. The van der Waals surface area contributed by atoms with Crippen molar-refractivity contribution in [3.8, 4) is 11.5 Å². The highest BCUT2D eigenvalue weighted by molar-refractivity contribution is 7.99. The van der Waals surface area contributed by atoms with E-state index in [0.29, 0.717) is 46.2 Å². The van der Waals surface area contributed by atoms with E-state index < -0.39 is 0 Å². The summed E-state index contributed by atoms with van der Waals surface area (Å²) in [7, 11) is 3.16. The minimum atomic E-state index is -0.244. The summed E-state index contributed by atoms with van der Waals surface area (Å²) in [6.07, 6.45) is 1.63. The van der Waals surface area contributed by atoms with E-state index in [2.05, 4.69) is 22.5 Å². The van der Waals surface area contributed by atoms with Gasteiger partial charge in [-0.15, -0.1) is 0 Å². The van der Waals surface area contributed by atoms with Crippen LogP contribution in [0, 0.1) is 0 Å². The van der Waals surface area contributed by atoms with E-state index in [1.807, 2.05) is 48.5 Å². The largest absolute Gasteiger partial charge is 0.493 e. The minimum absolute atomic E-state index is 0.0673. The van der Waals surface area contributed by atoms with E-state index in [4.69, 9.17) is 9.47 Å². The summed E-state index contributed by atoms with van der Waals surface area (Å²) in [5.41, 5.74) is 3.20. The van der Waals surface area contributed by atoms with Crippen LogP contribution >= 0.6 is 11.8 Å². The van der Waals surface area contributed by atoms with E-state index in [1.54, 1.807) is 32.4 Å². The number of aryl methyl sites for hydroxylation is 1. The van der Waals surface area contributed by atoms with Gasteiger partial charge in [0.15, 0.2) is 16.7 Å². The first-order valence-corrected chi connectivity index (χ1v) is 14.4. The maximum absolute atomic E-state index is 13.3. The first-order chi connectivity index (χ1) is 19.9. The molecule has 2 amide bonds. The van der Waals surface area contributed by atoms with Crippen LogP contribution in [0.1, 0.15) is 24.5 Å². The summed E-state index contributed by atoms with van der Waals surface area (Å²) < 4.78 is 12.1. The van der Waals surface area contributed by atoms with Gasteiger partial charge in [0.25, 0.3) is 5.56 Å². The number of ether oxygens (including phenoxy) is 2. The zero-order valence-electron chi connectivity index (χ0n) is 23.4. The number of amides is 2. The number of para-hydroxylation sites is 1. The highest BCUT2D eigenvalue weighted by Crippen LogP contribution is 2.27. The van der Waals surface area contributed by atoms with E-state index >= 15 is 0 Å². The average molecular weight is 575 g/mol. The molecular weight excluding hydrogens is 540 g/mol. The highest BCUT2D eigenvalue weighted by Gasteiger charge is 2.15. The fourth-order valence-electron chi connectivity index (χ4n) is 4.29. The molecule has 9 nitrogen and oxygen atoms in total. The third kappa shape index (κ3) is 7.88. The number of carbonyl (C=O) groups excluding carboxylic acids is 2. The van der Waals surface area contributed by atoms with Crippen molar-refractivity contribution >= 4 is 40.2 Å². The molecule has 0 atom stereocenters. The van der Waals surface area contributed by atoms with Crippen molar-refractivity contribution < 1.29 is 19.1 Å². The predicted molar refractivity (Wildman–Crippen MR) is 162 cm³/mol. The number of carbonyl (C=O) groups is 2. The van der Waals surface area contributed by atoms with Gasteiger partial charge in [-0.25, -0.2) is 4.98 Å². The Balaban J connectivity index is 1.38. The SMILES string of the molecule is CCc1ccc(NC(=O)CSc2nc3ccccc3c(=O)n2CCC(=O)NCCc2ccc(OC)c(OC)c2)cc1. The molecule has 4 aromatic rings. The van der Waals surface area contributed by atoms with Crippen LogP contribution in [0.5, 0.6) is 11.5 Å². The molecule has 0 radical (unpaired) electrons. The van der Waals surface area contributed by atoms with Gasteiger partial charge in [-0.2, -0.15) is 0 Å². The molecule has 1 heterocycles. The number of hydrogen-bond donors (Lipinski definition) is 2. The first-order valence-electron chi connectivity index (χ1n) is 13.4. The molecule has 10 heteroatoms. The standard InChI is InChI=1S/C31H34N4O5S/c1-4-21-9-12-23(13-10-21)33-29(37)20-41-31-34-25-8-6-5-7-24(25)30(38)35(31)18-16-28(36)32-17-15-22-11-14-26(39-2)27(19-22)40-3/h5-14,19H,4,15-18,20H2,1-3H3,(H,32,36)(H,33,37). The number of benzene rings is 3. The number of fused-ring (bicyclic) bond motifs is 1. The van der Waals surface area contributed by atoms with Gasteiger partial charge in [-0.05, 0) is 60.4 Å². The van der Waals surface area contributed by atoms with Crippen molar-refractivity contribution in [2.45, 2.75) is 37.9 Å². The van der Waals surface area contributed by atoms with Gasteiger partial charge in [-0.3, -0.25) is 19.0 Å². The average Bonchev–Trinajstić information content (AvgIpc) is 3.00. The van der Waals surface area contributed by atoms with Gasteiger partial charge in [-0.1, -0.05) is 49.0 Å². The Morgan fingerprint density at radius 3 is 2.39 bits per heavy atom. The molecule has 0 aliphatic carbocycles. The summed E-state index contributed by atoms with van der Waals surface area (Å²) >= 11 is 1.17. The smallest absolute Gasteiger partial charge is 0.262 e. The van der Waals surface area contributed by atoms with Crippen LogP contribution in [-0.2, 0) is 29.0 Å². The molecule has 0 fully saturated rings. The van der Waals surface area contributed by atoms with E-state index in [1.165, 1.54) is 21.9 Å². The Labute approximate surface area is 243 Å². The van der Waals surface area contributed by atoms with Gasteiger partial charge in [0.2, 0.25) is 11.8 Å². The Morgan fingerprint density at radius 1 is 0.927 bits per heavy atom. The van der Waals surface area contributed by atoms with Crippen molar-refractivity contribution in [2.24, 2.45) is 0 Å². The fraction of sp³-hybridized carbons (Fsp3) is 0.290. The number of methoxy groups -OCH3 is 2. The van der Waals surface area contributed by atoms with Crippen LogP contribution in [0.4, 0.5) is 5.69 Å². The Kier molecular flexibility index (Phi) is 10.4. The molecule has 0 aliphatic heterocycles. The second-order valence-corrected chi connectivity index (χ2v) is 10.2. The third-order valence-corrected chi connectivity index (χ3v) is 7.53. The number of aromatic nitrogens is 2. The minimum Gasteiger partial charge on any atom is -0.493 e. The maximum atomic E-state index is 13.3. The van der Waals surface area contributed by atoms with E-state index in [9.17, 15) is 14.4 Å². The number of nitrogens with zero attached hydrogens (tertiary/aromatic N) is 2. The van der Waals surface area contributed by atoms with Crippen LogP contribution in [-0.4, -0.2) is 47.9 Å². The number of rotatable bonds is 13.